The number of hydrogen-bond donors (Lipinski definition) is 1. The standard InChI is InChI=1S/C15H15ClN2O5S2/c1-9(19)22-13-6-10(5-11(16)7-13)14(20)18-15-17-12(8-24-15)3-4-25-23-21-2/h5-8H,3-4H2,1-2H3,(H,17,18,20). The van der Waals surface area contributed by atoms with Gasteiger partial charge >= 0.3 is 5.97 Å². The van der Waals surface area contributed by atoms with E-state index in [2.05, 4.69) is 15.2 Å². The fourth-order valence-corrected chi connectivity index (χ4v) is 3.22. The Labute approximate surface area is 157 Å². The molecule has 10 heteroatoms. The van der Waals surface area contributed by atoms with Crippen LogP contribution in [0.4, 0.5) is 5.13 Å². The van der Waals surface area contributed by atoms with Gasteiger partial charge in [0.25, 0.3) is 5.91 Å². The lowest BCUT2D eigenvalue weighted by atomic mass is 10.2. The molecule has 1 amide bonds. The molecule has 134 valence electrons. The molecule has 0 atom stereocenters. The fraction of sp³-hybridized carbons (Fsp3) is 0.267. The summed E-state index contributed by atoms with van der Waals surface area (Å²) in [5.74, 6) is -0.00657. The molecule has 0 aliphatic rings. The second kappa shape index (κ2) is 9.73. The molecule has 1 aromatic carbocycles. The van der Waals surface area contributed by atoms with Gasteiger partial charge < -0.3 is 4.74 Å². The summed E-state index contributed by atoms with van der Waals surface area (Å²) in [4.78, 5) is 32.2. The number of benzene rings is 1. The maximum atomic E-state index is 12.3. The van der Waals surface area contributed by atoms with Crippen LogP contribution in [0.15, 0.2) is 23.6 Å². The summed E-state index contributed by atoms with van der Waals surface area (Å²) in [6.45, 7) is 1.27. The van der Waals surface area contributed by atoms with Crippen LogP contribution in [0, 0.1) is 0 Å². The molecule has 25 heavy (non-hydrogen) atoms. The molecule has 1 aromatic heterocycles. The molecular weight excluding hydrogens is 388 g/mol. The fourth-order valence-electron chi connectivity index (χ4n) is 1.80. The topological polar surface area (TPSA) is 86.8 Å². The second-order valence-electron chi connectivity index (χ2n) is 4.67. The monoisotopic (exact) mass is 402 g/mol. The minimum absolute atomic E-state index is 0.208. The number of carbonyl (C=O) groups excluding carboxylic acids is 2. The molecule has 0 fully saturated rings. The highest BCUT2D eigenvalue weighted by atomic mass is 35.5. The zero-order chi connectivity index (χ0) is 18.2. The van der Waals surface area contributed by atoms with E-state index in [9.17, 15) is 9.59 Å². The Kier molecular flexibility index (Phi) is 7.66. The molecule has 2 aromatic rings. The van der Waals surface area contributed by atoms with Gasteiger partial charge in [-0.15, -0.1) is 11.3 Å². The summed E-state index contributed by atoms with van der Waals surface area (Å²) in [5.41, 5.74) is 1.10. The molecule has 0 saturated heterocycles. The zero-order valence-corrected chi connectivity index (χ0v) is 15.8. The molecule has 0 aliphatic carbocycles. The SMILES string of the molecule is COOSCCc1csc(NC(=O)c2cc(Cl)cc(OC(C)=O)c2)n1. The molecule has 0 spiro atoms. The molecule has 1 N–H and O–H groups in total. The lowest BCUT2D eigenvalue weighted by Crippen LogP contribution is -2.12. The highest BCUT2D eigenvalue weighted by Crippen LogP contribution is 2.23. The lowest BCUT2D eigenvalue weighted by Gasteiger charge is -2.06. The van der Waals surface area contributed by atoms with Crippen molar-refractivity contribution in [1.82, 2.24) is 4.98 Å². The van der Waals surface area contributed by atoms with E-state index in [1.807, 2.05) is 5.38 Å². The van der Waals surface area contributed by atoms with Crippen molar-refractivity contribution in [3.05, 3.63) is 39.9 Å². The lowest BCUT2D eigenvalue weighted by molar-refractivity contribution is -0.160. The van der Waals surface area contributed by atoms with Crippen molar-refractivity contribution in [2.45, 2.75) is 13.3 Å². The van der Waals surface area contributed by atoms with Crippen molar-refractivity contribution in [2.75, 3.05) is 18.2 Å². The number of carbonyl (C=O) groups is 2. The quantitative estimate of drug-likeness (QED) is 0.180. The number of amides is 1. The van der Waals surface area contributed by atoms with Gasteiger partial charge in [0.15, 0.2) is 5.13 Å². The van der Waals surface area contributed by atoms with Crippen LogP contribution in [0.5, 0.6) is 5.75 Å². The van der Waals surface area contributed by atoms with Gasteiger partial charge in [0.2, 0.25) is 0 Å². The van der Waals surface area contributed by atoms with Crippen LogP contribution >= 0.6 is 35.0 Å². The molecule has 2 rings (SSSR count). The number of nitrogens with zero attached hydrogens (tertiary/aromatic N) is 1. The number of hydrogen-bond acceptors (Lipinski definition) is 8. The van der Waals surface area contributed by atoms with Gasteiger partial charge in [-0.3, -0.25) is 14.9 Å². The number of halogens is 1. The number of thiazole rings is 1. The second-order valence-corrected chi connectivity index (χ2v) is 6.75. The van der Waals surface area contributed by atoms with E-state index in [0.717, 1.165) is 5.69 Å². The van der Waals surface area contributed by atoms with Crippen LogP contribution in [0.2, 0.25) is 5.02 Å². The summed E-state index contributed by atoms with van der Waals surface area (Å²) in [6, 6.07) is 4.38. The maximum absolute atomic E-state index is 12.3. The van der Waals surface area contributed by atoms with Gasteiger partial charge in [-0.2, -0.15) is 4.33 Å². The van der Waals surface area contributed by atoms with Crippen LogP contribution < -0.4 is 10.1 Å². The van der Waals surface area contributed by atoms with Gasteiger partial charge in [0.1, 0.15) is 5.75 Å². The number of rotatable bonds is 8. The third kappa shape index (κ3) is 6.63. The number of aromatic nitrogens is 1. The first-order valence-electron chi connectivity index (χ1n) is 7.05. The number of nitrogens with one attached hydrogen (secondary N) is 1. The third-order valence-electron chi connectivity index (χ3n) is 2.72. The van der Waals surface area contributed by atoms with Gasteiger partial charge in [-0.05, 0) is 18.2 Å². The average molecular weight is 403 g/mol. The smallest absolute Gasteiger partial charge is 0.308 e. The molecule has 1 heterocycles. The number of anilines is 1. The first kappa shape index (κ1) is 19.7. The first-order chi connectivity index (χ1) is 12.0. The van der Waals surface area contributed by atoms with Crippen molar-refractivity contribution in [3.8, 4) is 5.75 Å². The Morgan fingerprint density at radius 2 is 2.16 bits per heavy atom. The summed E-state index contributed by atoms with van der Waals surface area (Å²) >= 11 is 8.45. The van der Waals surface area contributed by atoms with Gasteiger partial charge in [0, 0.05) is 47.1 Å². The van der Waals surface area contributed by atoms with Crippen molar-refractivity contribution in [2.24, 2.45) is 0 Å². The Morgan fingerprint density at radius 3 is 2.88 bits per heavy atom. The highest BCUT2D eigenvalue weighted by molar-refractivity contribution is 7.94. The Morgan fingerprint density at radius 1 is 1.36 bits per heavy atom. The predicted molar refractivity (Wildman–Crippen MR) is 97.1 cm³/mol. The number of ether oxygens (including phenoxy) is 1. The molecule has 0 unspecified atom stereocenters. The number of aryl methyl sites for hydroxylation is 1. The number of esters is 1. The Balaban J connectivity index is 1.99. The minimum Gasteiger partial charge on any atom is -0.427 e. The highest BCUT2D eigenvalue weighted by Gasteiger charge is 2.12. The zero-order valence-electron chi connectivity index (χ0n) is 13.4. The van der Waals surface area contributed by atoms with Crippen LogP contribution in [-0.2, 0) is 20.4 Å². The van der Waals surface area contributed by atoms with E-state index in [1.165, 1.54) is 55.6 Å². The van der Waals surface area contributed by atoms with Crippen molar-refractivity contribution in [1.29, 1.82) is 0 Å². The van der Waals surface area contributed by atoms with Gasteiger partial charge in [-0.25, -0.2) is 9.87 Å². The van der Waals surface area contributed by atoms with Gasteiger partial charge in [-0.1, -0.05) is 11.6 Å². The van der Waals surface area contributed by atoms with E-state index in [4.69, 9.17) is 20.7 Å². The maximum Gasteiger partial charge on any atom is 0.308 e. The van der Waals surface area contributed by atoms with E-state index >= 15 is 0 Å². The normalized spacial score (nSPS) is 10.5. The summed E-state index contributed by atoms with van der Waals surface area (Å²) in [6.07, 6.45) is 0.675. The summed E-state index contributed by atoms with van der Waals surface area (Å²) in [7, 11) is 1.44. The summed E-state index contributed by atoms with van der Waals surface area (Å²) in [5, 5.41) is 5.30. The van der Waals surface area contributed by atoms with Gasteiger partial charge in [0.05, 0.1) is 12.8 Å². The Bertz CT molecular complexity index is 753. The largest absolute Gasteiger partial charge is 0.427 e. The molecule has 7 nitrogen and oxygen atoms in total. The van der Waals surface area contributed by atoms with Crippen LogP contribution in [0.3, 0.4) is 0 Å². The van der Waals surface area contributed by atoms with Crippen LogP contribution in [0.25, 0.3) is 0 Å². The Hall–Kier alpha value is -1.65. The van der Waals surface area contributed by atoms with E-state index in [0.29, 0.717) is 22.3 Å². The van der Waals surface area contributed by atoms with Crippen molar-refractivity contribution >= 4 is 52.0 Å². The van der Waals surface area contributed by atoms with Crippen LogP contribution in [-0.4, -0.2) is 29.7 Å². The summed E-state index contributed by atoms with van der Waals surface area (Å²) < 4.78 is 9.67. The average Bonchev–Trinajstić information content (AvgIpc) is 2.97. The van der Waals surface area contributed by atoms with Crippen molar-refractivity contribution < 1.29 is 23.5 Å². The van der Waals surface area contributed by atoms with E-state index in [-0.39, 0.29) is 11.3 Å². The molecule has 0 saturated carbocycles. The molecule has 0 radical (unpaired) electrons. The third-order valence-corrected chi connectivity index (χ3v) is 4.35. The predicted octanol–water partition coefficient (Wildman–Crippen LogP) is 3.74. The van der Waals surface area contributed by atoms with Crippen LogP contribution in [0.1, 0.15) is 23.0 Å². The molecule has 0 bridgehead atoms. The molecular formula is C15H15ClN2O5S2. The van der Waals surface area contributed by atoms with E-state index < -0.39 is 11.9 Å². The van der Waals surface area contributed by atoms with E-state index in [1.54, 1.807) is 0 Å². The molecule has 0 aliphatic heterocycles. The van der Waals surface area contributed by atoms with Crippen molar-refractivity contribution in [3.63, 3.8) is 0 Å². The first-order valence-corrected chi connectivity index (χ1v) is 9.22. The minimum atomic E-state index is -0.492.